The van der Waals surface area contributed by atoms with E-state index in [9.17, 15) is 4.79 Å². The summed E-state index contributed by atoms with van der Waals surface area (Å²) in [7, 11) is 0. The van der Waals surface area contributed by atoms with Gasteiger partial charge in [-0.05, 0) is 38.0 Å². The van der Waals surface area contributed by atoms with E-state index < -0.39 is 0 Å². The quantitative estimate of drug-likeness (QED) is 0.759. The van der Waals surface area contributed by atoms with E-state index in [4.69, 9.17) is 5.73 Å². The lowest BCUT2D eigenvalue weighted by Gasteiger charge is -2.27. The Morgan fingerprint density at radius 1 is 1.00 bits per heavy atom. The Hall–Kier alpha value is -0.570. The molecule has 0 bridgehead atoms. The monoisotopic (exact) mass is 252 g/mol. The Bertz CT molecular complexity index is 259. The van der Waals surface area contributed by atoms with Gasteiger partial charge in [-0.25, -0.2) is 0 Å². The summed E-state index contributed by atoms with van der Waals surface area (Å²) < 4.78 is 0. The first-order chi connectivity index (χ1) is 8.75. The topological polar surface area (TPSA) is 55.1 Å². The molecule has 0 heterocycles. The molecular weight excluding hydrogens is 224 g/mol. The SMILES string of the molecule is NC1CCCC(CNC(=O)C2CCCCCC2)C1. The highest BCUT2D eigenvalue weighted by molar-refractivity contribution is 5.78. The fourth-order valence-electron chi connectivity index (χ4n) is 3.45. The molecule has 104 valence electrons. The lowest BCUT2D eigenvalue weighted by atomic mass is 9.86. The summed E-state index contributed by atoms with van der Waals surface area (Å²) in [6, 6.07) is 0.360. The molecule has 1 amide bonds. The number of nitrogens with one attached hydrogen (secondary N) is 1. The third-order valence-electron chi connectivity index (χ3n) is 4.61. The van der Waals surface area contributed by atoms with Crippen LogP contribution in [0.2, 0.25) is 0 Å². The van der Waals surface area contributed by atoms with Gasteiger partial charge in [0, 0.05) is 18.5 Å². The Morgan fingerprint density at radius 2 is 1.72 bits per heavy atom. The summed E-state index contributed by atoms with van der Waals surface area (Å²) in [5.74, 6) is 1.20. The van der Waals surface area contributed by atoms with E-state index in [1.54, 1.807) is 0 Å². The Morgan fingerprint density at radius 3 is 2.39 bits per heavy atom. The zero-order valence-electron chi connectivity index (χ0n) is 11.5. The van der Waals surface area contributed by atoms with Gasteiger partial charge in [0.15, 0.2) is 0 Å². The van der Waals surface area contributed by atoms with Crippen LogP contribution in [0.15, 0.2) is 0 Å². The van der Waals surface area contributed by atoms with Gasteiger partial charge < -0.3 is 11.1 Å². The van der Waals surface area contributed by atoms with E-state index in [1.807, 2.05) is 0 Å². The van der Waals surface area contributed by atoms with E-state index in [-0.39, 0.29) is 5.92 Å². The summed E-state index contributed by atoms with van der Waals surface area (Å²) in [6.45, 7) is 0.850. The molecule has 0 aromatic carbocycles. The molecule has 0 spiro atoms. The van der Waals surface area contributed by atoms with Crippen molar-refractivity contribution >= 4 is 5.91 Å². The van der Waals surface area contributed by atoms with Crippen LogP contribution in [0.3, 0.4) is 0 Å². The molecule has 3 heteroatoms. The van der Waals surface area contributed by atoms with Crippen LogP contribution in [0.25, 0.3) is 0 Å². The van der Waals surface area contributed by atoms with Gasteiger partial charge in [-0.1, -0.05) is 32.1 Å². The average Bonchev–Trinajstić information content (AvgIpc) is 2.65. The van der Waals surface area contributed by atoms with Crippen molar-refractivity contribution in [2.75, 3.05) is 6.54 Å². The molecule has 0 aromatic heterocycles. The highest BCUT2D eigenvalue weighted by atomic mass is 16.1. The van der Waals surface area contributed by atoms with E-state index in [1.165, 1.54) is 38.5 Å². The lowest BCUT2D eigenvalue weighted by molar-refractivity contribution is -0.125. The molecule has 2 rings (SSSR count). The van der Waals surface area contributed by atoms with Gasteiger partial charge in [-0.2, -0.15) is 0 Å². The minimum absolute atomic E-state index is 0.282. The van der Waals surface area contributed by atoms with Crippen LogP contribution in [0.5, 0.6) is 0 Å². The molecule has 2 aliphatic carbocycles. The van der Waals surface area contributed by atoms with Crippen LogP contribution in [0, 0.1) is 11.8 Å². The second-order valence-corrected chi connectivity index (χ2v) is 6.23. The molecule has 3 N–H and O–H groups in total. The van der Waals surface area contributed by atoms with Crippen molar-refractivity contribution in [1.82, 2.24) is 5.32 Å². The third kappa shape index (κ3) is 4.27. The number of rotatable bonds is 3. The van der Waals surface area contributed by atoms with Crippen molar-refractivity contribution in [3.63, 3.8) is 0 Å². The summed E-state index contributed by atoms with van der Waals surface area (Å²) >= 11 is 0. The first-order valence-electron chi connectivity index (χ1n) is 7.79. The maximum Gasteiger partial charge on any atom is 0.223 e. The predicted octanol–water partition coefficient (Wildman–Crippen LogP) is 2.59. The van der Waals surface area contributed by atoms with E-state index >= 15 is 0 Å². The van der Waals surface area contributed by atoms with Crippen LogP contribution in [0.1, 0.15) is 64.2 Å². The Balaban J connectivity index is 1.70. The third-order valence-corrected chi connectivity index (χ3v) is 4.61. The minimum Gasteiger partial charge on any atom is -0.356 e. The van der Waals surface area contributed by atoms with Crippen LogP contribution in [-0.2, 0) is 4.79 Å². The maximum atomic E-state index is 12.1. The number of hydrogen-bond acceptors (Lipinski definition) is 2. The highest BCUT2D eigenvalue weighted by Gasteiger charge is 2.23. The van der Waals surface area contributed by atoms with Crippen molar-refractivity contribution in [3.05, 3.63) is 0 Å². The van der Waals surface area contributed by atoms with Gasteiger partial charge in [0.25, 0.3) is 0 Å². The number of hydrogen-bond donors (Lipinski definition) is 2. The molecule has 2 saturated carbocycles. The van der Waals surface area contributed by atoms with Crippen molar-refractivity contribution in [2.45, 2.75) is 70.3 Å². The van der Waals surface area contributed by atoms with Gasteiger partial charge in [0.2, 0.25) is 5.91 Å². The molecule has 3 nitrogen and oxygen atoms in total. The average molecular weight is 252 g/mol. The maximum absolute atomic E-state index is 12.1. The number of carbonyl (C=O) groups excluding carboxylic acids is 1. The highest BCUT2D eigenvalue weighted by Crippen LogP contribution is 2.24. The van der Waals surface area contributed by atoms with Crippen LogP contribution in [-0.4, -0.2) is 18.5 Å². The van der Waals surface area contributed by atoms with Crippen LogP contribution < -0.4 is 11.1 Å². The Labute approximate surface area is 111 Å². The van der Waals surface area contributed by atoms with Gasteiger partial charge in [-0.15, -0.1) is 0 Å². The number of nitrogens with two attached hydrogens (primary N) is 1. The standard InChI is InChI=1S/C15H28N2O/c16-14-9-5-6-12(10-14)11-17-15(18)13-7-3-1-2-4-8-13/h12-14H,1-11,16H2,(H,17,18). The second-order valence-electron chi connectivity index (χ2n) is 6.23. The molecule has 0 aromatic rings. The molecular formula is C15H28N2O. The molecule has 2 unspecified atom stereocenters. The lowest BCUT2D eigenvalue weighted by Crippen LogP contribution is -2.38. The Kier molecular flexibility index (Phi) is 5.48. The fraction of sp³-hybridized carbons (Fsp3) is 0.933. The number of amides is 1. The van der Waals surface area contributed by atoms with E-state index in [2.05, 4.69) is 5.32 Å². The van der Waals surface area contributed by atoms with Gasteiger partial charge in [0.1, 0.15) is 0 Å². The molecule has 18 heavy (non-hydrogen) atoms. The van der Waals surface area contributed by atoms with Crippen molar-refractivity contribution in [2.24, 2.45) is 17.6 Å². The van der Waals surface area contributed by atoms with Gasteiger partial charge in [0.05, 0.1) is 0 Å². The molecule has 2 aliphatic rings. The summed E-state index contributed by atoms with van der Waals surface area (Å²) in [6.07, 6.45) is 12.0. The molecule has 0 radical (unpaired) electrons. The van der Waals surface area contributed by atoms with E-state index in [0.717, 1.165) is 32.2 Å². The van der Waals surface area contributed by atoms with Crippen molar-refractivity contribution in [3.8, 4) is 0 Å². The van der Waals surface area contributed by atoms with Crippen LogP contribution >= 0.6 is 0 Å². The second kappa shape index (κ2) is 7.13. The van der Waals surface area contributed by atoms with Crippen LogP contribution in [0.4, 0.5) is 0 Å². The fourth-order valence-corrected chi connectivity index (χ4v) is 3.45. The van der Waals surface area contributed by atoms with Gasteiger partial charge >= 0.3 is 0 Å². The normalized spacial score (nSPS) is 30.7. The number of carbonyl (C=O) groups is 1. The van der Waals surface area contributed by atoms with Crippen molar-refractivity contribution < 1.29 is 4.79 Å². The zero-order chi connectivity index (χ0) is 12.8. The van der Waals surface area contributed by atoms with Crippen molar-refractivity contribution in [1.29, 1.82) is 0 Å². The molecule has 2 fully saturated rings. The first-order valence-corrected chi connectivity index (χ1v) is 7.79. The smallest absolute Gasteiger partial charge is 0.223 e. The first kappa shape index (κ1) is 13.9. The van der Waals surface area contributed by atoms with Gasteiger partial charge in [-0.3, -0.25) is 4.79 Å². The molecule has 0 saturated heterocycles. The zero-order valence-corrected chi connectivity index (χ0v) is 11.5. The molecule has 2 atom stereocenters. The summed E-state index contributed by atoms with van der Waals surface area (Å²) in [5.41, 5.74) is 5.98. The predicted molar refractivity (Wildman–Crippen MR) is 74.1 cm³/mol. The largest absolute Gasteiger partial charge is 0.356 e. The minimum atomic E-state index is 0.282. The van der Waals surface area contributed by atoms with E-state index in [0.29, 0.717) is 17.9 Å². The molecule has 0 aliphatic heterocycles. The summed E-state index contributed by atoms with van der Waals surface area (Å²) in [4.78, 5) is 12.1. The summed E-state index contributed by atoms with van der Waals surface area (Å²) in [5, 5.41) is 3.18.